The fourth-order valence-electron chi connectivity index (χ4n) is 1.81. The molecular weight excluding hydrogens is 246 g/mol. The predicted octanol–water partition coefficient (Wildman–Crippen LogP) is 1.40. The van der Waals surface area contributed by atoms with Gasteiger partial charge in [0.2, 0.25) is 0 Å². The summed E-state index contributed by atoms with van der Waals surface area (Å²) in [4.78, 5) is 36.3. The molecule has 0 fully saturated rings. The van der Waals surface area contributed by atoms with Crippen molar-refractivity contribution in [1.82, 2.24) is 4.90 Å². The van der Waals surface area contributed by atoms with Crippen LogP contribution in [0, 0.1) is 0 Å². The standard InChI is InChI=1S/C14H13NO4/c1-2-3-8-19-12(16)9-15-13(17)10-6-4-5-7-11(10)14(15)18/h2,4-7H,1,3,8-9H2. The summed E-state index contributed by atoms with van der Waals surface area (Å²) in [7, 11) is 0. The maximum absolute atomic E-state index is 12.0. The molecule has 1 aliphatic rings. The summed E-state index contributed by atoms with van der Waals surface area (Å²) in [6, 6.07) is 6.49. The molecule has 0 bridgehead atoms. The van der Waals surface area contributed by atoms with Crippen LogP contribution in [0.3, 0.4) is 0 Å². The molecule has 0 saturated heterocycles. The molecule has 0 saturated carbocycles. The lowest BCUT2D eigenvalue weighted by Gasteiger charge is -2.12. The molecule has 98 valence electrons. The smallest absolute Gasteiger partial charge is 0.326 e. The first kappa shape index (κ1) is 13.0. The number of hydrogen-bond acceptors (Lipinski definition) is 4. The van der Waals surface area contributed by atoms with E-state index in [2.05, 4.69) is 6.58 Å². The van der Waals surface area contributed by atoms with Gasteiger partial charge in [0.1, 0.15) is 6.54 Å². The van der Waals surface area contributed by atoms with Crippen molar-refractivity contribution in [3.63, 3.8) is 0 Å². The minimum Gasteiger partial charge on any atom is -0.464 e. The molecule has 0 atom stereocenters. The Morgan fingerprint density at radius 2 is 1.79 bits per heavy atom. The minimum absolute atomic E-state index is 0.200. The summed E-state index contributed by atoms with van der Waals surface area (Å²) in [6.07, 6.45) is 2.16. The fraction of sp³-hybridized carbons (Fsp3) is 0.214. The minimum atomic E-state index is -0.601. The second kappa shape index (κ2) is 5.48. The quantitative estimate of drug-likeness (QED) is 0.347. The number of carbonyl (C=O) groups is 3. The molecule has 19 heavy (non-hydrogen) atoms. The molecule has 2 amide bonds. The molecule has 1 heterocycles. The van der Waals surface area contributed by atoms with Gasteiger partial charge >= 0.3 is 5.97 Å². The normalized spacial score (nSPS) is 13.4. The Labute approximate surface area is 110 Å². The van der Waals surface area contributed by atoms with Crippen molar-refractivity contribution >= 4 is 17.8 Å². The molecule has 1 aromatic carbocycles. The largest absolute Gasteiger partial charge is 0.464 e. The number of esters is 1. The van der Waals surface area contributed by atoms with Crippen LogP contribution in [0.15, 0.2) is 36.9 Å². The van der Waals surface area contributed by atoms with Crippen LogP contribution in [0.4, 0.5) is 0 Å². The summed E-state index contributed by atoms with van der Waals surface area (Å²) in [5, 5.41) is 0. The van der Waals surface area contributed by atoms with Gasteiger partial charge in [-0.15, -0.1) is 6.58 Å². The van der Waals surface area contributed by atoms with E-state index in [-0.39, 0.29) is 13.2 Å². The second-order valence-corrected chi connectivity index (χ2v) is 4.04. The van der Waals surface area contributed by atoms with E-state index >= 15 is 0 Å². The SMILES string of the molecule is C=CCCOC(=O)CN1C(=O)c2ccccc2C1=O. The zero-order valence-corrected chi connectivity index (χ0v) is 10.3. The Kier molecular flexibility index (Phi) is 3.75. The number of fused-ring (bicyclic) bond motifs is 1. The predicted molar refractivity (Wildman–Crippen MR) is 67.6 cm³/mol. The molecule has 1 aliphatic heterocycles. The van der Waals surface area contributed by atoms with Gasteiger partial charge in [0, 0.05) is 0 Å². The van der Waals surface area contributed by atoms with Gasteiger partial charge in [-0.3, -0.25) is 19.3 Å². The van der Waals surface area contributed by atoms with E-state index in [4.69, 9.17) is 4.74 Å². The van der Waals surface area contributed by atoms with Gasteiger partial charge in [-0.05, 0) is 18.6 Å². The van der Waals surface area contributed by atoms with Crippen LogP contribution in [-0.2, 0) is 9.53 Å². The third kappa shape index (κ3) is 2.54. The fourth-order valence-corrected chi connectivity index (χ4v) is 1.81. The molecule has 5 heteroatoms. The van der Waals surface area contributed by atoms with Crippen LogP contribution in [0.1, 0.15) is 27.1 Å². The molecule has 5 nitrogen and oxygen atoms in total. The van der Waals surface area contributed by atoms with E-state index in [0.29, 0.717) is 17.5 Å². The van der Waals surface area contributed by atoms with E-state index < -0.39 is 17.8 Å². The van der Waals surface area contributed by atoms with E-state index in [1.807, 2.05) is 0 Å². The topological polar surface area (TPSA) is 63.7 Å². The highest BCUT2D eigenvalue weighted by atomic mass is 16.5. The molecule has 1 aromatic rings. The molecule has 0 unspecified atom stereocenters. The number of nitrogens with zero attached hydrogens (tertiary/aromatic N) is 1. The number of benzene rings is 1. The van der Waals surface area contributed by atoms with Crippen LogP contribution in [0.5, 0.6) is 0 Å². The molecule has 0 spiro atoms. The highest BCUT2D eigenvalue weighted by Gasteiger charge is 2.36. The highest BCUT2D eigenvalue weighted by Crippen LogP contribution is 2.21. The van der Waals surface area contributed by atoms with Gasteiger partial charge in [-0.2, -0.15) is 0 Å². The molecule has 0 N–H and O–H groups in total. The first-order valence-corrected chi connectivity index (χ1v) is 5.87. The number of carbonyl (C=O) groups excluding carboxylic acids is 3. The highest BCUT2D eigenvalue weighted by molar-refractivity contribution is 6.22. The Morgan fingerprint density at radius 1 is 1.21 bits per heavy atom. The van der Waals surface area contributed by atoms with Crippen LogP contribution < -0.4 is 0 Å². The molecule has 0 aliphatic carbocycles. The van der Waals surface area contributed by atoms with E-state index in [1.54, 1.807) is 30.3 Å². The lowest BCUT2D eigenvalue weighted by Crippen LogP contribution is -2.35. The number of ether oxygens (including phenoxy) is 1. The van der Waals surface area contributed by atoms with Crippen molar-refractivity contribution in [1.29, 1.82) is 0 Å². The van der Waals surface area contributed by atoms with Gasteiger partial charge in [-0.1, -0.05) is 18.2 Å². The monoisotopic (exact) mass is 259 g/mol. The Bertz CT molecular complexity index is 515. The zero-order chi connectivity index (χ0) is 13.8. The Balaban J connectivity index is 2.04. The lowest BCUT2D eigenvalue weighted by molar-refractivity contribution is -0.143. The number of hydrogen-bond donors (Lipinski definition) is 0. The van der Waals surface area contributed by atoms with Crippen molar-refractivity contribution in [3.05, 3.63) is 48.0 Å². The maximum Gasteiger partial charge on any atom is 0.326 e. The lowest BCUT2D eigenvalue weighted by atomic mass is 10.1. The van der Waals surface area contributed by atoms with Crippen molar-refractivity contribution in [2.75, 3.05) is 13.2 Å². The first-order valence-electron chi connectivity index (χ1n) is 5.87. The average molecular weight is 259 g/mol. The zero-order valence-electron chi connectivity index (χ0n) is 10.3. The molecule has 0 aromatic heterocycles. The van der Waals surface area contributed by atoms with Gasteiger partial charge in [0.25, 0.3) is 11.8 Å². The van der Waals surface area contributed by atoms with Crippen molar-refractivity contribution < 1.29 is 19.1 Å². The number of imide groups is 1. The average Bonchev–Trinajstić information content (AvgIpc) is 2.65. The van der Waals surface area contributed by atoms with Gasteiger partial charge in [0.15, 0.2) is 0 Å². The van der Waals surface area contributed by atoms with Crippen molar-refractivity contribution in [2.45, 2.75) is 6.42 Å². The number of rotatable bonds is 5. The summed E-state index contributed by atoms with van der Waals surface area (Å²) in [5.74, 6) is -1.51. The molecule has 2 rings (SSSR count). The van der Waals surface area contributed by atoms with Gasteiger partial charge < -0.3 is 4.74 Å². The summed E-state index contributed by atoms with van der Waals surface area (Å²) in [6.45, 7) is 3.34. The van der Waals surface area contributed by atoms with Crippen molar-refractivity contribution in [2.24, 2.45) is 0 Å². The van der Waals surface area contributed by atoms with Crippen LogP contribution in [-0.4, -0.2) is 35.8 Å². The Hall–Kier alpha value is -2.43. The van der Waals surface area contributed by atoms with Gasteiger partial charge in [-0.25, -0.2) is 0 Å². The van der Waals surface area contributed by atoms with Crippen molar-refractivity contribution in [3.8, 4) is 0 Å². The van der Waals surface area contributed by atoms with Gasteiger partial charge in [0.05, 0.1) is 17.7 Å². The van der Waals surface area contributed by atoms with E-state index in [0.717, 1.165) is 4.90 Å². The maximum atomic E-state index is 12.0. The van der Waals surface area contributed by atoms with E-state index in [9.17, 15) is 14.4 Å². The second-order valence-electron chi connectivity index (χ2n) is 4.04. The van der Waals surface area contributed by atoms with E-state index in [1.165, 1.54) is 0 Å². The molecular formula is C14H13NO4. The summed E-state index contributed by atoms with van der Waals surface area (Å²) in [5.41, 5.74) is 0.651. The van der Waals surface area contributed by atoms with Crippen LogP contribution >= 0.6 is 0 Å². The molecule has 0 radical (unpaired) electrons. The van der Waals surface area contributed by atoms with Crippen LogP contribution in [0.2, 0.25) is 0 Å². The first-order chi connectivity index (χ1) is 9.15. The third-order valence-corrected chi connectivity index (χ3v) is 2.75. The summed E-state index contributed by atoms with van der Waals surface area (Å²) >= 11 is 0. The summed E-state index contributed by atoms with van der Waals surface area (Å²) < 4.78 is 4.88. The van der Waals surface area contributed by atoms with Crippen LogP contribution in [0.25, 0.3) is 0 Å². The Morgan fingerprint density at radius 3 is 2.32 bits per heavy atom. The third-order valence-electron chi connectivity index (χ3n) is 2.75. The number of amides is 2.